The van der Waals surface area contributed by atoms with Crippen LogP contribution in [0.5, 0.6) is 0 Å². The third-order valence-electron chi connectivity index (χ3n) is 2.84. The predicted molar refractivity (Wildman–Crippen MR) is 78.9 cm³/mol. The molecule has 0 radical (unpaired) electrons. The first-order chi connectivity index (χ1) is 8.92. The van der Waals surface area contributed by atoms with Crippen molar-refractivity contribution in [3.8, 4) is 0 Å². The summed E-state index contributed by atoms with van der Waals surface area (Å²) in [5, 5.41) is 2.64. The second kappa shape index (κ2) is 7.11. The van der Waals surface area contributed by atoms with E-state index in [9.17, 15) is 0 Å². The first kappa shape index (κ1) is 13.0. The fourth-order valence-electron chi connectivity index (χ4n) is 1.93. The molecular formula is C15H19NOSi. The Balaban J connectivity index is 2.18. The average molecular weight is 257 g/mol. The Kier molecular flexibility index (Phi) is 5.14. The molecule has 0 aliphatic rings. The van der Waals surface area contributed by atoms with Crippen molar-refractivity contribution >= 4 is 19.4 Å². The lowest BCUT2D eigenvalue weighted by molar-refractivity contribution is 0.328. The molecule has 0 heterocycles. The summed E-state index contributed by atoms with van der Waals surface area (Å²) in [6, 6.07) is 21.0. The second-order valence-electron chi connectivity index (χ2n) is 4.21. The van der Waals surface area contributed by atoms with E-state index in [2.05, 4.69) is 48.5 Å². The zero-order valence-corrected chi connectivity index (χ0v) is 11.6. The van der Waals surface area contributed by atoms with E-state index in [-0.39, 0.29) is 0 Å². The van der Waals surface area contributed by atoms with E-state index in [0.717, 1.165) is 13.0 Å². The van der Waals surface area contributed by atoms with Gasteiger partial charge in [-0.15, -0.1) is 0 Å². The summed E-state index contributed by atoms with van der Waals surface area (Å²) in [5.74, 6) is 0. The lowest BCUT2D eigenvalue weighted by Crippen LogP contribution is -2.45. The molecule has 0 saturated carbocycles. The van der Waals surface area contributed by atoms with Crippen LogP contribution in [-0.4, -0.2) is 22.2 Å². The predicted octanol–water partition coefficient (Wildman–Crippen LogP) is 0.890. The molecule has 2 rings (SSSR count). The number of hydrogen-bond acceptors (Lipinski definition) is 2. The minimum atomic E-state index is -1.54. The Hall–Kier alpha value is -1.42. The van der Waals surface area contributed by atoms with E-state index in [1.807, 2.05) is 12.1 Å². The van der Waals surface area contributed by atoms with Crippen molar-refractivity contribution in [2.45, 2.75) is 6.42 Å². The average Bonchev–Trinajstić information content (AvgIpc) is 2.46. The number of hydrogen-bond donors (Lipinski definition) is 1. The van der Waals surface area contributed by atoms with Crippen LogP contribution in [0.3, 0.4) is 0 Å². The van der Waals surface area contributed by atoms with Gasteiger partial charge in [0.05, 0.1) is 0 Å². The van der Waals surface area contributed by atoms with Crippen molar-refractivity contribution in [2.24, 2.45) is 5.73 Å². The lowest BCUT2D eigenvalue weighted by Gasteiger charge is -2.17. The highest BCUT2D eigenvalue weighted by Crippen LogP contribution is 1.95. The molecule has 0 aliphatic carbocycles. The highest BCUT2D eigenvalue weighted by molar-refractivity contribution is 6.80. The maximum atomic E-state index is 6.11. The van der Waals surface area contributed by atoms with Crippen LogP contribution in [0.4, 0.5) is 0 Å². The summed E-state index contributed by atoms with van der Waals surface area (Å²) >= 11 is 0. The van der Waals surface area contributed by atoms with Crippen molar-refractivity contribution < 1.29 is 4.43 Å². The molecule has 2 aromatic carbocycles. The molecule has 2 aromatic rings. The van der Waals surface area contributed by atoms with Crippen LogP contribution in [0, 0.1) is 0 Å². The molecule has 0 amide bonds. The standard InChI is InChI=1S/C15H19NOSi/c16-12-7-13-17-18(14-8-3-1-4-9-14)15-10-5-2-6-11-15/h1-6,8-11,18H,7,12-13,16H2. The highest BCUT2D eigenvalue weighted by Gasteiger charge is 2.16. The molecule has 0 fully saturated rings. The van der Waals surface area contributed by atoms with Crippen LogP contribution in [0.15, 0.2) is 60.7 Å². The molecule has 94 valence electrons. The Labute approximate surface area is 110 Å². The molecule has 2 N–H and O–H groups in total. The maximum Gasteiger partial charge on any atom is 0.239 e. The van der Waals surface area contributed by atoms with Crippen LogP contribution in [0.2, 0.25) is 0 Å². The van der Waals surface area contributed by atoms with Crippen molar-refractivity contribution in [2.75, 3.05) is 13.2 Å². The van der Waals surface area contributed by atoms with Crippen molar-refractivity contribution in [3.05, 3.63) is 60.7 Å². The summed E-state index contributed by atoms with van der Waals surface area (Å²) < 4.78 is 6.11. The van der Waals surface area contributed by atoms with Gasteiger partial charge in [0.2, 0.25) is 9.04 Å². The largest absolute Gasteiger partial charge is 0.411 e. The van der Waals surface area contributed by atoms with Gasteiger partial charge in [-0.3, -0.25) is 0 Å². The summed E-state index contributed by atoms with van der Waals surface area (Å²) in [4.78, 5) is 0. The quantitative estimate of drug-likeness (QED) is 0.616. The number of rotatable bonds is 6. The van der Waals surface area contributed by atoms with E-state index in [0.29, 0.717) is 6.54 Å². The third-order valence-corrected chi connectivity index (χ3v) is 5.39. The van der Waals surface area contributed by atoms with Crippen LogP contribution < -0.4 is 16.1 Å². The summed E-state index contributed by atoms with van der Waals surface area (Å²) in [6.45, 7) is 1.43. The first-order valence-electron chi connectivity index (χ1n) is 6.33. The molecular weight excluding hydrogens is 238 g/mol. The highest BCUT2D eigenvalue weighted by atomic mass is 28.3. The minimum Gasteiger partial charge on any atom is -0.411 e. The van der Waals surface area contributed by atoms with Gasteiger partial charge in [-0.25, -0.2) is 0 Å². The molecule has 3 heteroatoms. The van der Waals surface area contributed by atoms with E-state index in [1.54, 1.807) is 0 Å². The van der Waals surface area contributed by atoms with Gasteiger partial charge in [0.1, 0.15) is 0 Å². The Morgan fingerprint density at radius 2 is 1.33 bits per heavy atom. The summed E-state index contributed by atoms with van der Waals surface area (Å²) in [5.41, 5.74) is 5.53. The van der Waals surface area contributed by atoms with Crippen molar-refractivity contribution in [1.29, 1.82) is 0 Å². The molecule has 0 saturated heterocycles. The van der Waals surface area contributed by atoms with Crippen LogP contribution in [0.25, 0.3) is 0 Å². The molecule has 0 atom stereocenters. The topological polar surface area (TPSA) is 35.2 Å². The lowest BCUT2D eigenvalue weighted by atomic mass is 10.4. The minimum absolute atomic E-state index is 0.685. The number of nitrogens with two attached hydrogens (primary N) is 1. The van der Waals surface area contributed by atoms with Gasteiger partial charge in [-0.1, -0.05) is 60.7 Å². The molecule has 0 bridgehead atoms. The summed E-state index contributed by atoms with van der Waals surface area (Å²) in [7, 11) is -1.54. The summed E-state index contributed by atoms with van der Waals surface area (Å²) in [6.07, 6.45) is 0.920. The Morgan fingerprint density at radius 3 is 1.78 bits per heavy atom. The fourth-order valence-corrected chi connectivity index (χ4v) is 4.24. The second-order valence-corrected chi connectivity index (χ2v) is 6.64. The molecule has 0 unspecified atom stereocenters. The van der Waals surface area contributed by atoms with Gasteiger partial charge in [0.25, 0.3) is 0 Å². The van der Waals surface area contributed by atoms with Gasteiger partial charge in [0.15, 0.2) is 0 Å². The maximum absolute atomic E-state index is 6.11. The van der Waals surface area contributed by atoms with Crippen LogP contribution in [-0.2, 0) is 4.43 Å². The molecule has 18 heavy (non-hydrogen) atoms. The number of benzene rings is 2. The van der Waals surface area contributed by atoms with Gasteiger partial charge in [-0.2, -0.15) is 0 Å². The SMILES string of the molecule is NCCCO[SiH](c1ccccc1)c1ccccc1. The zero-order valence-electron chi connectivity index (χ0n) is 10.5. The van der Waals surface area contributed by atoms with Gasteiger partial charge in [0, 0.05) is 6.61 Å². The fraction of sp³-hybridized carbons (Fsp3) is 0.200. The van der Waals surface area contributed by atoms with E-state index in [4.69, 9.17) is 10.2 Å². The van der Waals surface area contributed by atoms with E-state index >= 15 is 0 Å². The normalized spacial score (nSPS) is 10.8. The van der Waals surface area contributed by atoms with Gasteiger partial charge >= 0.3 is 0 Å². The first-order valence-corrected chi connectivity index (χ1v) is 7.96. The zero-order chi connectivity index (χ0) is 12.6. The van der Waals surface area contributed by atoms with Crippen LogP contribution in [0.1, 0.15) is 6.42 Å². The van der Waals surface area contributed by atoms with E-state index < -0.39 is 9.04 Å². The molecule has 2 nitrogen and oxygen atoms in total. The molecule has 0 aliphatic heterocycles. The van der Waals surface area contributed by atoms with Crippen molar-refractivity contribution in [1.82, 2.24) is 0 Å². The van der Waals surface area contributed by atoms with Crippen LogP contribution >= 0.6 is 0 Å². The van der Waals surface area contributed by atoms with E-state index in [1.165, 1.54) is 10.4 Å². The van der Waals surface area contributed by atoms with Gasteiger partial charge < -0.3 is 10.2 Å². The molecule has 0 aromatic heterocycles. The van der Waals surface area contributed by atoms with Gasteiger partial charge in [-0.05, 0) is 23.3 Å². The Morgan fingerprint density at radius 1 is 0.833 bits per heavy atom. The third kappa shape index (κ3) is 3.53. The van der Waals surface area contributed by atoms with Crippen molar-refractivity contribution in [3.63, 3.8) is 0 Å². The molecule has 0 spiro atoms. The Bertz CT molecular complexity index is 407. The smallest absolute Gasteiger partial charge is 0.239 e. The monoisotopic (exact) mass is 257 g/mol.